The summed E-state index contributed by atoms with van der Waals surface area (Å²) >= 11 is 0. The number of hydrogen-bond acceptors (Lipinski definition) is 4. The molecular formula is C33H37NO4. The third-order valence-corrected chi connectivity index (χ3v) is 7.72. The predicted octanol–water partition coefficient (Wildman–Crippen LogP) is 7.76. The number of nitrogens with zero attached hydrogens (tertiary/aromatic N) is 1. The largest absolute Gasteiger partial charge is 0.497 e. The SMILES string of the molecule is CCCCCCCC(=O)c1ccc2c(c1)c1cc(C(=O)c3ccc(OC)cc3)ccc1n2CC1CCCO1. The van der Waals surface area contributed by atoms with Crippen LogP contribution in [0.15, 0.2) is 60.7 Å². The molecule has 38 heavy (non-hydrogen) atoms. The van der Waals surface area contributed by atoms with Gasteiger partial charge in [0.15, 0.2) is 11.6 Å². The number of Topliss-reactive ketones (excluding diaryl/α,β-unsaturated/α-hetero) is 1. The van der Waals surface area contributed by atoms with E-state index in [-0.39, 0.29) is 17.7 Å². The Balaban J connectivity index is 1.51. The van der Waals surface area contributed by atoms with Crippen LogP contribution in [-0.4, -0.2) is 36.0 Å². The fourth-order valence-corrected chi connectivity index (χ4v) is 5.55. The fraction of sp³-hybridized carbons (Fsp3) is 0.394. The second kappa shape index (κ2) is 12.0. The molecule has 1 aliphatic rings. The van der Waals surface area contributed by atoms with Gasteiger partial charge in [-0.2, -0.15) is 0 Å². The van der Waals surface area contributed by atoms with E-state index in [0.717, 1.165) is 72.0 Å². The number of ketones is 2. The third kappa shape index (κ3) is 5.53. The first-order chi connectivity index (χ1) is 18.6. The number of fused-ring (bicyclic) bond motifs is 3. The van der Waals surface area contributed by atoms with Crippen molar-refractivity contribution < 1.29 is 19.1 Å². The predicted molar refractivity (Wildman–Crippen MR) is 153 cm³/mol. The van der Waals surface area contributed by atoms with Crippen molar-refractivity contribution in [3.8, 4) is 5.75 Å². The minimum absolute atomic E-state index is 0.0334. The van der Waals surface area contributed by atoms with Gasteiger partial charge in [0, 0.05) is 58.1 Å². The van der Waals surface area contributed by atoms with Crippen LogP contribution >= 0.6 is 0 Å². The summed E-state index contributed by atoms with van der Waals surface area (Å²) in [4.78, 5) is 26.4. The van der Waals surface area contributed by atoms with Gasteiger partial charge >= 0.3 is 0 Å². The summed E-state index contributed by atoms with van der Waals surface area (Å²) in [5.74, 6) is 0.875. The van der Waals surface area contributed by atoms with Gasteiger partial charge in [0.25, 0.3) is 0 Å². The topological polar surface area (TPSA) is 57.5 Å². The van der Waals surface area contributed by atoms with E-state index in [1.165, 1.54) is 19.3 Å². The molecule has 1 unspecified atom stereocenters. The van der Waals surface area contributed by atoms with Gasteiger partial charge in [-0.1, -0.05) is 32.6 Å². The lowest BCUT2D eigenvalue weighted by Gasteiger charge is -2.13. The highest BCUT2D eigenvalue weighted by Gasteiger charge is 2.21. The molecule has 0 bridgehead atoms. The first-order valence-corrected chi connectivity index (χ1v) is 14.0. The molecule has 3 aromatic carbocycles. The normalized spacial score (nSPS) is 15.4. The van der Waals surface area contributed by atoms with Crippen LogP contribution in [0.2, 0.25) is 0 Å². The molecule has 5 heteroatoms. The van der Waals surface area contributed by atoms with Crippen molar-refractivity contribution in [3.63, 3.8) is 0 Å². The van der Waals surface area contributed by atoms with Gasteiger partial charge in [-0.05, 0) is 79.9 Å². The lowest BCUT2D eigenvalue weighted by molar-refractivity contribution is 0.0976. The molecule has 198 valence electrons. The number of hydrogen-bond donors (Lipinski definition) is 0. The minimum Gasteiger partial charge on any atom is -0.497 e. The van der Waals surface area contributed by atoms with Gasteiger partial charge in [0.2, 0.25) is 0 Å². The van der Waals surface area contributed by atoms with E-state index in [9.17, 15) is 9.59 Å². The van der Waals surface area contributed by atoms with Crippen molar-refractivity contribution in [2.24, 2.45) is 0 Å². The van der Waals surface area contributed by atoms with Crippen LogP contribution in [0.5, 0.6) is 5.75 Å². The van der Waals surface area contributed by atoms with Crippen molar-refractivity contribution >= 4 is 33.4 Å². The highest BCUT2D eigenvalue weighted by Crippen LogP contribution is 2.33. The molecule has 0 radical (unpaired) electrons. The van der Waals surface area contributed by atoms with Crippen LogP contribution in [0, 0.1) is 0 Å². The highest BCUT2D eigenvalue weighted by atomic mass is 16.5. The molecule has 2 heterocycles. The van der Waals surface area contributed by atoms with E-state index in [0.29, 0.717) is 17.5 Å². The molecular weight excluding hydrogens is 474 g/mol. The maximum Gasteiger partial charge on any atom is 0.193 e. The van der Waals surface area contributed by atoms with Crippen molar-refractivity contribution in [2.45, 2.75) is 70.9 Å². The Hall–Kier alpha value is -3.44. The number of ether oxygens (including phenoxy) is 2. The van der Waals surface area contributed by atoms with Crippen LogP contribution < -0.4 is 4.74 Å². The fourth-order valence-electron chi connectivity index (χ4n) is 5.55. The van der Waals surface area contributed by atoms with Gasteiger partial charge in [-0.25, -0.2) is 0 Å². The molecule has 1 aromatic heterocycles. The van der Waals surface area contributed by atoms with Gasteiger partial charge in [-0.15, -0.1) is 0 Å². The van der Waals surface area contributed by atoms with Crippen LogP contribution in [0.3, 0.4) is 0 Å². The molecule has 0 saturated carbocycles. The second-order valence-corrected chi connectivity index (χ2v) is 10.4. The summed E-state index contributed by atoms with van der Waals surface area (Å²) in [7, 11) is 1.61. The Morgan fingerprint density at radius 3 is 2.18 bits per heavy atom. The van der Waals surface area contributed by atoms with E-state index in [4.69, 9.17) is 9.47 Å². The summed E-state index contributed by atoms with van der Waals surface area (Å²) in [5.41, 5.74) is 4.13. The Morgan fingerprint density at radius 1 is 0.868 bits per heavy atom. The molecule has 1 atom stereocenters. The van der Waals surface area contributed by atoms with Crippen LogP contribution in [0.1, 0.15) is 84.6 Å². The third-order valence-electron chi connectivity index (χ3n) is 7.72. The number of methoxy groups -OCH3 is 1. The second-order valence-electron chi connectivity index (χ2n) is 10.4. The quantitative estimate of drug-likeness (QED) is 0.144. The van der Waals surface area contributed by atoms with Crippen LogP contribution in [0.4, 0.5) is 0 Å². The maximum atomic E-state index is 13.4. The molecule has 0 aliphatic carbocycles. The van der Waals surface area contributed by atoms with Gasteiger partial charge in [-0.3, -0.25) is 9.59 Å². The number of carbonyl (C=O) groups is 2. The lowest BCUT2D eigenvalue weighted by Crippen LogP contribution is -2.14. The minimum atomic E-state index is -0.0334. The van der Waals surface area contributed by atoms with E-state index in [2.05, 4.69) is 17.6 Å². The summed E-state index contributed by atoms with van der Waals surface area (Å²) in [5, 5.41) is 2.01. The van der Waals surface area contributed by atoms with Gasteiger partial charge in [0.05, 0.1) is 13.2 Å². The molecule has 1 aliphatic heterocycles. The molecule has 4 aromatic rings. The Labute approximate surface area is 224 Å². The summed E-state index contributed by atoms with van der Waals surface area (Å²) in [6, 6.07) is 19.2. The van der Waals surface area contributed by atoms with Crippen molar-refractivity contribution in [3.05, 3.63) is 77.4 Å². The van der Waals surface area contributed by atoms with E-state index >= 15 is 0 Å². The molecule has 0 N–H and O–H groups in total. The molecule has 0 amide bonds. The summed E-state index contributed by atoms with van der Waals surface area (Å²) in [6.45, 7) is 3.77. The molecule has 0 spiro atoms. The van der Waals surface area contributed by atoms with E-state index in [1.807, 2.05) is 30.3 Å². The van der Waals surface area contributed by atoms with Crippen molar-refractivity contribution in [1.29, 1.82) is 0 Å². The number of carbonyl (C=O) groups excluding carboxylic acids is 2. The zero-order valence-corrected chi connectivity index (χ0v) is 22.5. The first kappa shape index (κ1) is 26.2. The molecule has 5 nitrogen and oxygen atoms in total. The Kier molecular flexibility index (Phi) is 8.23. The number of benzene rings is 3. The van der Waals surface area contributed by atoms with Crippen LogP contribution in [-0.2, 0) is 11.3 Å². The highest BCUT2D eigenvalue weighted by molar-refractivity contribution is 6.15. The number of unbranched alkanes of at least 4 members (excludes halogenated alkanes) is 4. The molecule has 5 rings (SSSR count). The zero-order chi connectivity index (χ0) is 26.5. The van der Waals surface area contributed by atoms with Crippen LogP contribution in [0.25, 0.3) is 21.8 Å². The van der Waals surface area contributed by atoms with Crippen molar-refractivity contribution in [2.75, 3.05) is 13.7 Å². The molecule has 1 fully saturated rings. The van der Waals surface area contributed by atoms with Gasteiger partial charge < -0.3 is 14.0 Å². The van der Waals surface area contributed by atoms with E-state index in [1.54, 1.807) is 31.4 Å². The zero-order valence-electron chi connectivity index (χ0n) is 22.5. The monoisotopic (exact) mass is 511 g/mol. The maximum absolute atomic E-state index is 13.4. The average molecular weight is 512 g/mol. The summed E-state index contributed by atoms with van der Waals surface area (Å²) in [6.07, 6.45) is 8.51. The van der Waals surface area contributed by atoms with Gasteiger partial charge in [0.1, 0.15) is 5.75 Å². The van der Waals surface area contributed by atoms with Crippen molar-refractivity contribution in [1.82, 2.24) is 4.57 Å². The number of aromatic nitrogens is 1. The van der Waals surface area contributed by atoms with E-state index < -0.39 is 0 Å². The number of rotatable bonds is 12. The summed E-state index contributed by atoms with van der Waals surface area (Å²) < 4.78 is 13.5. The standard InChI is InChI=1S/C33H37NO4/c1-3-4-5-6-7-10-32(35)24-13-17-30-28(20-24)29-21-25(33(36)23-11-15-26(37-2)16-12-23)14-18-31(29)34(30)22-27-9-8-19-38-27/h11-18,20-21,27H,3-10,19,22H2,1-2H3. The average Bonchev–Trinajstić information content (AvgIpc) is 3.58. The first-order valence-electron chi connectivity index (χ1n) is 14.0. The Bertz CT molecular complexity index is 1430. The smallest absolute Gasteiger partial charge is 0.193 e. The Morgan fingerprint density at radius 2 is 1.53 bits per heavy atom. The molecule has 1 saturated heterocycles. The lowest BCUT2D eigenvalue weighted by atomic mass is 9.99.